The molecule has 6 heteroatoms. The summed E-state index contributed by atoms with van der Waals surface area (Å²) in [5, 5.41) is 17.9. The number of nitrogens with zero attached hydrogens (tertiary/aromatic N) is 3. The van der Waals surface area contributed by atoms with Gasteiger partial charge in [0, 0.05) is 25.9 Å². The van der Waals surface area contributed by atoms with Crippen molar-refractivity contribution >= 4 is 11.8 Å². The number of benzene rings is 1. The van der Waals surface area contributed by atoms with Gasteiger partial charge in [0.1, 0.15) is 5.75 Å². The molecule has 0 aliphatic carbocycles. The predicted molar refractivity (Wildman–Crippen MR) is 85.7 cm³/mol. The van der Waals surface area contributed by atoms with E-state index in [9.17, 15) is 9.90 Å². The highest BCUT2D eigenvalue weighted by Gasteiger charge is 2.44. The lowest BCUT2D eigenvalue weighted by Gasteiger charge is -2.39. The number of carboxylic acid groups (broad SMARTS) is 1. The molecule has 0 saturated carbocycles. The molecule has 1 N–H and O–H groups in total. The van der Waals surface area contributed by atoms with E-state index in [-0.39, 0.29) is 0 Å². The van der Waals surface area contributed by atoms with Gasteiger partial charge in [-0.25, -0.2) is 4.79 Å². The van der Waals surface area contributed by atoms with Crippen LogP contribution in [0, 0.1) is 6.92 Å². The van der Waals surface area contributed by atoms with Gasteiger partial charge in [-0.05, 0) is 31.2 Å². The lowest BCUT2D eigenvalue weighted by atomic mass is 9.91. The normalized spacial score (nSPS) is 16.8. The molecule has 0 atom stereocenters. The Bertz CT molecular complexity index is 665. The fourth-order valence-electron chi connectivity index (χ4n) is 2.73. The van der Waals surface area contributed by atoms with E-state index in [1.165, 1.54) is 0 Å². The summed E-state index contributed by atoms with van der Waals surface area (Å²) in [5.74, 6) is 0.434. The van der Waals surface area contributed by atoms with Gasteiger partial charge in [0.05, 0.1) is 5.69 Å². The summed E-state index contributed by atoms with van der Waals surface area (Å²) in [4.78, 5) is 13.8. The minimum Gasteiger partial charge on any atom is -0.478 e. The molecule has 23 heavy (non-hydrogen) atoms. The number of hydrogen-bond donors (Lipinski definition) is 1. The molecule has 1 aromatic heterocycles. The van der Waals surface area contributed by atoms with E-state index in [4.69, 9.17) is 4.74 Å². The van der Waals surface area contributed by atoms with Crippen LogP contribution >= 0.6 is 0 Å². The van der Waals surface area contributed by atoms with Gasteiger partial charge in [-0.2, -0.15) is 5.10 Å². The molecule has 0 unspecified atom stereocenters. The second-order valence-electron chi connectivity index (χ2n) is 5.73. The summed E-state index contributed by atoms with van der Waals surface area (Å²) >= 11 is 0. The molecule has 1 aliphatic rings. The second-order valence-corrected chi connectivity index (χ2v) is 5.73. The van der Waals surface area contributed by atoms with Crippen molar-refractivity contribution in [2.45, 2.75) is 25.4 Å². The first-order chi connectivity index (χ1) is 11.1. The van der Waals surface area contributed by atoms with Crippen molar-refractivity contribution in [3.63, 3.8) is 0 Å². The highest BCUT2D eigenvalue weighted by Crippen LogP contribution is 2.30. The maximum atomic E-state index is 11.8. The molecular formula is C17H19N3O3. The average Bonchev–Trinajstić information content (AvgIpc) is 2.57. The molecule has 2 heterocycles. The van der Waals surface area contributed by atoms with Crippen molar-refractivity contribution in [1.82, 2.24) is 10.2 Å². The molecular weight excluding hydrogens is 294 g/mol. The SMILES string of the molecule is Cc1ccc(N2CCC(Oc3ccccc3)(C(=O)O)CC2)nn1. The Morgan fingerprint density at radius 2 is 1.83 bits per heavy atom. The summed E-state index contributed by atoms with van der Waals surface area (Å²) in [5.41, 5.74) is -0.325. The van der Waals surface area contributed by atoms with Gasteiger partial charge < -0.3 is 14.7 Å². The number of aliphatic carboxylic acids is 1. The van der Waals surface area contributed by atoms with Crippen molar-refractivity contribution in [3.05, 3.63) is 48.2 Å². The predicted octanol–water partition coefficient (Wildman–Crippen LogP) is 2.29. The molecule has 1 aliphatic heterocycles. The smallest absolute Gasteiger partial charge is 0.348 e. The summed E-state index contributed by atoms with van der Waals surface area (Å²) in [6.45, 7) is 3.02. The van der Waals surface area contributed by atoms with Gasteiger partial charge in [-0.15, -0.1) is 5.10 Å². The number of ether oxygens (including phenoxy) is 1. The van der Waals surface area contributed by atoms with Crippen LogP contribution in [0.4, 0.5) is 5.82 Å². The van der Waals surface area contributed by atoms with Crippen LogP contribution in [0.1, 0.15) is 18.5 Å². The van der Waals surface area contributed by atoms with Crippen LogP contribution in [0.15, 0.2) is 42.5 Å². The Morgan fingerprint density at radius 1 is 1.13 bits per heavy atom. The lowest BCUT2D eigenvalue weighted by Crippen LogP contribution is -2.53. The highest BCUT2D eigenvalue weighted by molar-refractivity contribution is 5.78. The molecule has 1 saturated heterocycles. The minimum absolute atomic E-state index is 0.396. The third-order valence-electron chi connectivity index (χ3n) is 4.13. The van der Waals surface area contributed by atoms with Gasteiger partial charge in [0.25, 0.3) is 0 Å². The Labute approximate surface area is 134 Å². The van der Waals surface area contributed by atoms with Crippen molar-refractivity contribution in [2.75, 3.05) is 18.0 Å². The first-order valence-electron chi connectivity index (χ1n) is 7.62. The van der Waals surface area contributed by atoms with Gasteiger partial charge in [0.15, 0.2) is 5.82 Å². The number of aromatic nitrogens is 2. The standard InChI is InChI=1S/C17H19N3O3/c1-13-7-8-15(19-18-13)20-11-9-17(10-12-20,16(21)22)23-14-5-3-2-4-6-14/h2-8H,9-12H2,1H3,(H,21,22). The van der Waals surface area contributed by atoms with Crippen molar-refractivity contribution < 1.29 is 14.6 Å². The first kappa shape index (κ1) is 15.3. The Morgan fingerprint density at radius 3 is 2.39 bits per heavy atom. The average molecular weight is 313 g/mol. The number of hydrogen-bond acceptors (Lipinski definition) is 5. The monoisotopic (exact) mass is 313 g/mol. The van der Waals surface area contributed by atoms with Crippen LogP contribution in [0.3, 0.4) is 0 Å². The maximum Gasteiger partial charge on any atom is 0.348 e. The van der Waals surface area contributed by atoms with Gasteiger partial charge in [-0.1, -0.05) is 18.2 Å². The quantitative estimate of drug-likeness (QED) is 0.933. The minimum atomic E-state index is -1.18. The summed E-state index contributed by atoms with van der Waals surface area (Å²) in [6, 6.07) is 12.9. The van der Waals surface area contributed by atoms with E-state index in [0.717, 1.165) is 11.5 Å². The summed E-state index contributed by atoms with van der Waals surface area (Å²) < 4.78 is 5.85. The lowest BCUT2D eigenvalue weighted by molar-refractivity contribution is -0.157. The number of aryl methyl sites for hydroxylation is 1. The van der Waals surface area contributed by atoms with Crippen molar-refractivity contribution in [1.29, 1.82) is 0 Å². The van der Waals surface area contributed by atoms with Crippen LogP contribution in [0.2, 0.25) is 0 Å². The van der Waals surface area contributed by atoms with E-state index in [0.29, 0.717) is 31.7 Å². The molecule has 2 aromatic rings. The second kappa shape index (κ2) is 6.24. The van der Waals surface area contributed by atoms with E-state index in [2.05, 4.69) is 10.2 Å². The highest BCUT2D eigenvalue weighted by atomic mass is 16.5. The molecule has 3 rings (SSSR count). The molecule has 0 amide bonds. The molecule has 0 bridgehead atoms. The number of anilines is 1. The number of piperidine rings is 1. The first-order valence-corrected chi connectivity index (χ1v) is 7.62. The molecule has 1 aromatic carbocycles. The fraction of sp³-hybridized carbons (Fsp3) is 0.353. The van der Waals surface area contributed by atoms with E-state index in [1.807, 2.05) is 42.2 Å². The Kier molecular flexibility index (Phi) is 4.14. The zero-order chi connectivity index (χ0) is 16.3. The van der Waals surface area contributed by atoms with Crippen LogP contribution in [0.5, 0.6) is 5.75 Å². The largest absolute Gasteiger partial charge is 0.478 e. The number of rotatable bonds is 4. The summed E-state index contributed by atoms with van der Waals surface area (Å²) in [6.07, 6.45) is 0.791. The summed E-state index contributed by atoms with van der Waals surface area (Å²) in [7, 11) is 0. The van der Waals surface area contributed by atoms with Gasteiger partial charge >= 0.3 is 5.97 Å². The van der Waals surface area contributed by atoms with Crippen molar-refractivity contribution in [2.24, 2.45) is 0 Å². The third kappa shape index (κ3) is 3.26. The molecule has 1 fully saturated rings. The Balaban J connectivity index is 1.73. The molecule has 0 radical (unpaired) electrons. The number of carbonyl (C=O) groups is 1. The molecule has 120 valence electrons. The maximum absolute atomic E-state index is 11.8. The number of carboxylic acids is 1. The van der Waals surface area contributed by atoms with Crippen LogP contribution in [-0.4, -0.2) is 40.0 Å². The van der Waals surface area contributed by atoms with Crippen LogP contribution < -0.4 is 9.64 Å². The van der Waals surface area contributed by atoms with Gasteiger partial charge in [0.2, 0.25) is 5.60 Å². The van der Waals surface area contributed by atoms with Gasteiger partial charge in [-0.3, -0.25) is 0 Å². The fourth-order valence-corrected chi connectivity index (χ4v) is 2.73. The zero-order valence-corrected chi connectivity index (χ0v) is 13.0. The topological polar surface area (TPSA) is 75.5 Å². The van der Waals surface area contributed by atoms with E-state index in [1.54, 1.807) is 12.1 Å². The molecule has 6 nitrogen and oxygen atoms in total. The third-order valence-corrected chi connectivity index (χ3v) is 4.13. The number of para-hydroxylation sites is 1. The van der Waals surface area contributed by atoms with E-state index >= 15 is 0 Å². The Hall–Kier alpha value is -2.63. The zero-order valence-electron chi connectivity index (χ0n) is 13.0. The molecule has 0 spiro atoms. The van der Waals surface area contributed by atoms with Crippen molar-refractivity contribution in [3.8, 4) is 5.75 Å². The van der Waals surface area contributed by atoms with Crippen LogP contribution in [0.25, 0.3) is 0 Å². The van der Waals surface area contributed by atoms with E-state index < -0.39 is 11.6 Å². The van der Waals surface area contributed by atoms with Crippen LogP contribution in [-0.2, 0) is 4.79 Å².